The second-order valence-electron chi connectivity index (χ2n) is 4.32. The molecule has 3 nitrogen and oxygen atoms in total. The Labute approximate surface area is 110 Å². The van der Waals surface area contributed by atoms with Crippen LogP contribution in [0.1, 0.15) is 11.4 Å². The summed E-state index contributed by atoms with van der Waals surface area (Å²) >= 11 is 5.97. The molecule has 0 aliphatic rings. The molecule has 0 amide bonds. The average molecular weight is 268 g/mol. The van der Waals surface area contributed by atoms with E-state index in [1.54, 1.807) is 18.3 Å². The molecule has 0 aliphatic carbocycles. The predicted molar refractivity (Wildman–Crippen MR) is 70.0 cm³/mol. The third-order valence-electron chi connectivity index (χ3n) is 2.89. The summed E-state index contributed by atoms with van der Waals surface area (Å²) in [5.74, 6) is 0.577. The van der Waals surface area contributed by atoms with E-state index >= 15 is 0 Å². The second-order valence-corrected chi connectivity index (χ2v) is 4.73. The lowest BCUT2D eigenvalue weighted by atomic mass is 10.0. The number of imidazole rings is 1. The van der Waals surface area contributed by atoms with E-state index in [4.69, 9.17) is 17.3 Å². The van der Waals surface area contributed by atoms with Gasteiger partial charge in [0, 0.05) is 42.5 Å². The minimum absolute atomic E-state index is 0.208. The molecule has 1 unspecified atom stereocenters. The molecule has 1 aromatic carbocycles. The highest BCUT2D eigenvalue weighted by Gasteiger charge is 2.13. The zero-order chi connectivity index (χ0) is 13.1. The van der Waals surface area contributed by atoms with Crippen LogP contribution in [0.15, 0.2) is 30.6 Å². The minimum atomic E-state index is -0.308. The van der Waals surface area contributed by atoms with E-state index in [1.807, 2.05) is 17.8 Å². The van der Waals surface area contributed by atoms with Gasteiger partial charge in [-0.3, -0.25) is 0 Å². The lowest BCUT2D eigenvalue weighted by molar-refractivity contribution is 0.573. The van der Waals surface area contributed by atoms with Crippen molar-refractivity contribution in [2.24, 2.45) is 12.8 Å². The van der Waals surface area contributed by atoms with Gasteiger partial charge in [0.05, 0.1) is 0 Å². The van der Waals surface area contributed by atoms with Crippen LogP contribution in [0.25, 0.3) is 0 Å². The van der Waals surface area contributed by atoms with Gasteiger partial charge in [-0.25, -0.2) is 9.37 Å². The molecule has 1 atom stereocenters. The predicted octanol–water partition coefficient (Wildman–Crippen LogP) is 2.33. The van der Waals surface area contributed by atoms with Crippen LogP contribution >= 0.6 is 11.6 Å². The average Bonchev–Trinajstić information content (AvgIpc) is 2.70. The summed E-state index contributed by atoms with van der Waals surface area (Å²) in [6.45, 7) is 0. The van der Waals surface area contributed by atoms with E-state index in [1.165, 1.54) is 6.07 Å². The van der Waals surface area contributed by atoms with Crippen molar-refractivity contribution in [1.29, 1.82) is 0 Å². The van der Waals surface area contributed by atoms with E-state index in [0.29, 0.717) is 23.4 Å². The molecule has 2 rings (SSSR count). The van der Waals surface area contributed by atoms with Crippen LogP contribution in [-0.2, 0) is 19.9 Å². The first-order chi connectivity index (χ1) is 8.58. The number of hydrogen-bond donors (Lipinski definition) is 1. The number of halogens is 2. The maximum atomic E-state index is 13.6. The zero-order valence-electron chi connectivity index (χ0n) is 10.1. The fraction of sp³-hybridized carbons (Fsp3) is 0.308. The van der Waals surface area contributed by atoms with Crippen molar-refractivity contribution in [2.75, 3.05) is 0 Å². The first-order valence-electron chi connectivity index (χ1n) is 5.72. The number of rotatable bonds is 4. The van der Waals surface area contributed by atoms with E-state index < -0.39 is 0 Å². The number of aryl methyl sites for hydroxylation is 1. The molecule has 0 aliphatic heterocycles. The van der Waals surface area contributed by atoms with Gasteiger partial charge in [0.1, 0.15) is 11.6 Å². The summed E-state index contributed by atoms with van der Waals surface area (Å²) < 4.78 is 15.5. The van der Waals surface area contributed by atoms with E-state index in [9.17, 15) is 4.39 Å². The normalized spacial score (nSPS) is 12.7. The molecule has 0 saturated carbocycles. The van der Waals surface area contributed by atoms with Crippen LogP contribution < -0.4 is 5.73 Å². The summed E-state index contributed by atoms with van der Waals surface area (Å²) in [6.07, 6.45) is 4.57. The highest BCUT2D eigenvalue weighted by Crippen LogP contribution is 2.20. The second kappa shape index (κ2) is 5.50. The fourth-order valence-electron chi connectivity index (χ4n) is 1.89. The molecule has 2 N–H and O–H groups in total. The summed E-state index contributed by atoms with van der Waals surface area (Å²) in [6, 6.07) is 4.45. The zero-order valence-corrected chi connectivity index (χ0v) is 10.9. The van der Waals surface area contributed by atoms with Gasteiger partial charge in [-0.1, -0.05) is 17.7 Å². The lowest BCUT2D eigenvalue weighted by Crippen LogP contribution is -2.27. The van der Waals surface area contributed by atoms with Gasteiger partial charge >= 0.3 is 0 Å². The quantitative estimate of drug-likeness (QED) is 0.924. The Morgan fingerprint density at radius 1 is 1.44 bits per heavy atom. The molecule has 0 saturated heterocycles. The molecule has 96 valence electrons. The first-order valence-corrected chi connectivity index (χ1v) is 6.10. The Morgan fingerprint density at radius 2 is 2.22 bits per heavy atom. The topological polar surface area (TPSA) is 43.8 Å². The summed E-state index contributed by atoms with van der Waals surface area (Å²) in [7, 11) is 1.91. The number of nitrogens with two attached hydrogens (primary N) is 1. The van der Waals surface area contributed by atoms with Crippen molar-refractivity contribution in [3.05, 3.63) is 52.8 Å². The van der Waals surface area contributed by atoms with Crippen LogP contribution in [0.2, 0.25) is 5.02 Å². The number of hydrogen-bond acceptors (Lipinski definition) is 2. The van der Waals surface area contributed by atoms with Gasteiger partial charge in [-0.2, -0.15) is 0 Å². The van der Waals surface area contributed by atoms with Crippen molar-refractivity contribution >= 4 is 11.6 Å². The molecule has 0 radical (unpaired) electrons. The van der Waals surface area contributed by atoms with Crippen LogP contribution in [0, 0.1) is 5.82 Å². The van der Waals surface area contributed by atoms with E-state index in [0.717, 1.165) is 5.82 Å². The summed E-state index contributed by atoms with van der Waals surface area (Å²) in [4.78, 5) is 4.20. The van der Waals surface area contributed by atoms with Crippen molar-refractivity contribution in [3.8, 4) is 0 Å². The minimum Gasteiger partial charge on any atom is -0.338 e. The number of benzene rings is 1. The molecule has 1 aromatic heterocycles. The largest absolute Gasteiger partial charge is 0.338 e. The Kier molecular flexibility index (Phi) is 3.99. The highest BCUT2D eigenvalue weighted by molar-refractivity contribution is 6.31. The van der Waals surface area contributed by atoms with Gasteiger partial charge in [0.2, 0.25) is 0 Å². The van der Waals surface area contributed by atoms with Crippen molar-refractivity contribution in [3.63, 3.8) is 0 Å². The SMILES string of the molecule is Cn1ccnc1CC(N)Cc1c(F)cccc1Cl. The number of aromatic nitrogens is 2. The molecule has 18 heavy (non-hydrogen) atoms. The summed E-state index contributed by atoms with van der Waals surface area (Å²) in [5, 5.41) is 0.422. The van der Waals surface area contributed by atoms with Crippen LogP contribution in [0.5, 0.6) is 0 Å². The molecule has 5 heteroatoms. The Bertz CT molecular complexity index is 519. The van der Waals surface area contributed by atoms with E-state index in [-0.39, 0.29) is 11.9 Å². The van der Waals surface area contributed by atoms with Gasteiger partial charge in [0.25, 0.3) is 0 Å². The van der Waals surface area contributed by atoms with Crippen LogP contribution in [0.3, 0.4) is 0 Å². The molecule has 0 bridgehead atoms. The Hall–Kier alpha value is -1.39. The Morgan fingerprint density at radius 3 is 2.83 bits per heavy atom. The standard InChI is InChI=1S/C13H15ClFN3/c1-18-6-5-17-13(18)8-9(16)7-10-11(14)3-2-4-12(10)15/h2-6,9H,7-8,16H2,1H3. The van der Waals surface area contributed by atoms with Gasteiger partial charge < -0.3 is 10.3 Å². The van der Waals surface area contributed by atoms with Crippen molar-refractivity contribution in [2.45, 2.75) is 18.9 Å². The van der Waals surface area contributed by atoms with Gasteiger partial charge in [0.15, 0.2) is 0 Å². The summed E-state index contributed by atoms with van der Waals surface area (Å²) in [5.41, 5.74) is 6.50. The first kappa shape index (κ1) is 13.1. The van der Waals surface area contributed by atoms with Crippen LogP contribution in [0.4, 0.5) is 4.39 Å². The van der Waals surface area contributed by atoms with Gasteiger partial charge in [-0.05, 0) is 18.6 Å². The fourth-order valence-corrected chi connectivity index (χ4v) is 2.13. The monoisotopic (exact) mass is 267 g/mol. The third-order valence-corrected chi connectivity index (χ3v) is 3.25. The maximum absolute atomic E-state index is 13.6. The highest BCUT2D eigenvalue weighted by atomic mass is 35.5. The maximum Gasteiger partial charge on any atom is 0.127 e. The third kappa shape index (κ3) is 2.89. The van der Waals surface area contributed by atoms with Crippen molar-refractivity contribution in [1.82, 2.24) is 9.55 Å². The number of nitrogens with zero attached hydrogens (tertiary/aromatic N) is 2. The molecule has 0 spiro atoms. The van der Waals surface area contributed by atoms with Gasteiger partial charge in [-0.15, -0.1) is 0 Å². The molecular formula is C13H15ClFN3. The Balaban J connectivity index is 2.08. The van der Waals surface area contributed by atoms with E-state index in [2.05, 4.69) is 4.98 Å². The molecular weight excluding hydrogens is 253 g/mol. The lowest BCUT2D eigenvalue weighted by Gasteiger charge is -2.13. The smallest absolute Gasteiger partial charge is 0.127 e. The molecule has 0 fully saturated rings. The van der Waals surface area contributed by atoms with Crippen molar-refractivity contribution < 1.29 is 4.39 Å². The molecule has 2 aromatic rings. The molecule has 1 heterocycles. The van der Waals surface area contributed by atoms with Crippen LogP contribution in [-0.4, -0.2) is 15.6 Å².